The molecule has 0 fully saturated rings. The van der Waals surface area contributed by atoms with Crippen LogP contribution in [0.15, 0.2) is 12.7 Å². The van der Waals surface area contributed by atoms with Gasteiger partial charge in [0.05, 0.1) is 0 Å². The number of fused-ring (bicyclic) bond motifs is 1. The largest absolute Gasteiger partial charge is 0.344 e. The van der Waals surface area contributed by atoms with Crippen molar-refractivity contribution < 1.29 is 0 Å². The molecule has 0 aromatic carbocycles. The molecular weight excluding hydrogens is 218 g/mol. The molecule has 1 nitrogen and oxygen atoms in total. The molecule has 1 heterocycles. The van der Waals surface area contributed by atoms with E-state index in [1.165, 1.54) is 28.2 Å². The number of nitrogens with zero attached hydrogens (tertiary/aromatic N) is 1. The second-order valence-electron chi connectivity index (χ2n) is 5.10. The predicted octanol–water partition coefficient (Wildman–Crippen LogP) is 3.08. The van der Waals surface area contributed by atoms with Gasteiger partial charge in [-0.25, -0.2) is 0 Å². The van der Waals surface area contributed by atoms with Crippen LogP contribution < -0.4 is 10.6 Å². The van der Waals surface area contributed by atoms with Gasteiger partial charge in [-0.1, -0.05) is 44.7 Å². The number of aromatic nitrogens is 1. The van der Waals surface area contributed by atoms with Gasteiger partial charge in [0.2, 0.25) is 0 Å². The fourth-order valence-electron chi connectivity index (χ4n) is 2.67. The lowest BCUT2D eigenvalue weighted by molar-refractivity contribution is 0.700. The number of allylic oxidation sites excluding steroid dienone is 1. The first-order valence-corrected chi connectivity index (χ1v) is 6.88. The third-order valence-corrected chi connectivity index (χ3v) is 3.69. The van der Waals surface area contributed by atoms with Crippen LogP contribution in [0.5, 0.6) is 0 Å². The quantitative estimate of drug-likeness (QED) is 0.766. The number of hydrogen-bond acceptors (Lipinski definition) is 0. The fraction of sp³-hybridized carbons (Fsp3) is 0.412. The summed E-state index contributed by atoms with van der Waals surface area (Å²) in [6.45, 7) is 8.45. The number of hydrogen-bond donors (Lipinski definition) is 0. The predicted molar refractivity (Wildman–Crippen MR) is 81.4 cm³/mol. The maximum Gasteiger partial charge on any atom is 0.0485 e. The van der Waals surface area contributed by atoms with Gasteiger partial charge in [0.25, 0.3) is 0 Å². The molecule has 0 radical (unpaired) electrons. The molecule has 0 spiro atoms. The van der Waals surface area contributed by atoms with E-state index in [1.54, 1.807) is 0 Å². The Morgan fingerprint density at radius 3 is 2.94 bits per heavy atom. The third-order valence-electron chi connectivity index (χ3n) is 3.69. The van der Waals surface area contributed by atoms with Gasteiger partial charge in [-0.15, -0.1) is 0 Å². The SMILES string of the molecule is C=Cc1c(/C=C\CC)n(C)c2c1=CCCC(C)C=2. The molecule has 1 heteroatoms. The van der Waals surface area contributed by atoms with Crippen molar-refractivity contribution >= 4 is 24.3 Å². The second kappa shape index (κ2) is 5.43. The number of rotatable bonds is 3. The minimum Gasteiger partial charge on any atom is -0.344 e. The Morgan fingerprint density at radius 1 is 1.50 bits per heavy atom. The van der Waals surface area contributed by atoms with E-state index < -0.39 is 0 Å². The monoisotopic (exact) mass is 241 g/mol. The molecule has 1 atom stereocenters. The van der Waals surface area contributed by atoms with Crippen LogP contribution in [0.3, 0.4) is 0 Å². The molecule has 18 heavy (non-hydrogen) atoms. The highest BCUT2D eigenvalue weighted by atomic mass is 14.9. The maximum absolute atomic E-state index is 3.99. The van der Waals surface area contributed by atoms with Gasteiger partial charge in [0.15, 0.2) is 0 Å². The summed E-state index contributed by atoms with van der Waals surface area (Å²) in [5, 5.41) is 2.72. The molecule has 0 N–H and O–H groups in total. The van der Waals surface area contributed by atoms with Crippen LogP contribution in [0.25, 0.3) is 24.3 Å². The molecule has 1 aliphatic carbocycles. The Kier molecular flexibility index (Phi) is 3.90. The van der Waals surface area contributed by atoms with E-state index in [9.17, 15) is 0 Å². The van der Waals surface area contributed by atoms with E-state index in [2.05, 4.69) is 56.3 Å². The summed E-state index contributed by atoms with van der Waals surface area (Å²) in [5.74, 6) is 0.650. The van der Waals surface area contributed by atoms with Crippen LogP contribution in [-0.2, 0) is 7.05 Å². The molecule has 0 amide bonds. The summed E-state index contributed by atoms with van der Waals surface area (Å²) in [4.78, 5) is 0. The summed E-state index contributed by atoms with van der Waals surface area (Å²) in [6, 6.07) is 0. The van der Waals surface area contributed by atoms with Crippen LogP contribution in [0.1, 0.15) is 44.4 Å². The average Bonchev–Trinajstić information content (AvgIpc) is 2.52. The summed E-state index contributed by atoms with van der Waals surface area (Å²) in [5.41, 5.74) is 2.56. The molecule has 1 aliphatic rings. The Hall–Kier alpha value is -1.50. The molecule has 2 rings (SSSR count). The Morgan fingerprint density at radius 2 is 2.28 bits per heavy atom. The normalized spacial score (nSPS) is 18.9. The Balaban J connectivity index is 2.76. The van der Waals surface area contributed by atoms with Crippen LogP contribution in [-0.4, -0.2) is 4.57 Å². The highest BCUT2D eigenvalue weighted by molar-refractivity contribution is 5.65. The van der Waals surface area contributed by atoms with E-state index in [0.717, 1.165) is 12.8 Å². The summed E-state index contributed by atoms with van der Waals surface area (Å²) < 4.78 is 2.30. The van der Waals surface area contributed by atoms with E-state index in [1.807, 2.05) is 6.08 Å². The van der Waals surface area contributed by atoms with E-state index in [-0.39, 0.29) is 0 Å². The van der Waals surface area contributed by atoms with Crippen molar-refractivity contribution in [1.82, 2.24) is 4.57 Å². The van der Waals surface area contributed by atoms with E-state index in [4.69, 9.17) is 0 Å². The van der Waals surface area contributed by atoms with Gasteiger partial charge in [-0.2, -0.15) is 0 Å². The Bertz CT molecular complexity index is 584. The van der Waals surface area contributed by atoms with Gasteiger partial charge < -0.3 is 4.57 Å². The molecule has 1 aromatic heterocycles. The molecule has 96 valence electrons. The molecule has 1 unspecified atom stereocenters. The second-order valence-corrected chi connectivity index (χ2v) is 5.10. The van der Waals surface area contributed by atoms with Gasteiger partial charge in [0.1, 0.15) is 0 Å². The minimum atomic E-state index is 0.650. The summed E-state index contributed by atoms with van der Waals surface area (Å²) >= 11 is 0. The van der Waals surface area contributed by atoms with Gasteiger partial charge in [0, 0.05) is 28.9 Å². The van der Waals surface area contributed by atoms with E-state index >= 15 is 0 Å². The molecule has 0 aliphatic heterocycles. The van der Waals surface area contributed by atoms with Gasteiger partial charge >= 0.3 is 0 Å². The first-order chi connectivity index (χ1) is 8.69. The first-order valence-electron chi connectivity index (χ1n) is 6.88. The molecule has 0 bridgehead atoms. The minimum absolute atomic E-state index is 0.650. The zero-order valence-corrected chi connectivity index (χ0v) is 11.7. The van der Waals surface area contributed by atoms with Crippen LogP contribution in [0.2, 0.25) is 0 Å². The van der Waals surface area contributed by atoms with Crippen LogP contribution in [0, 0.1) is 5.92 Å². The van der Waals surface area contributed by atoms with Crippen molar-refractivity contribution in [3.05, 3.63) is 34.5 Å². The van der Waals surface area contributed by atoms with E-state index in [0.29, 0.717) is 5.92 Å². The molecule has 0 saturated heterocycles. The smallest absolute Gasteiger partial charge is 0.0485 e. The zero-order chi connectivity index (χ0) is 13.1. The van der Waals surface area contributed by atoms with Crippen molar-refractivity contribution in [2.75, 3.05) is 0 Å². The Labute approximate surface area is 110 Å². The summed E-state index contributed by atoms with van der Waals surface area (Å²) in [6.07, 6.45) is 14.7. The van der Waals surface area contributed by atoms with Crippen molar-refractivity contribution in [3.63, 3.8) is 0 Å². The fourth-order valence-corrected chi connectivity index (χ4v) is 2.67. The van der Waals surface area contributed by atoms with Crippen LogP contribution in [0.4, 0.5) is 0 Å². The zero-order valence-electron chi connectivity index (χ0n) is 11.7. The van der Waals surface area contributed by atoms with Crippen LogP contribution >= 0.6 is 0 Å². The van der Waals surface area contributed by atoms with Crippen molar-refractivity contribution in [2.24, 2.45) is 13.0 Å². The topological polar surface area (TPSA) is 4.93 Å². The molecule has 1 aromatic rings. The van der Waals surface area contributed by atoms with Gasteiger partial charge in [-0.05, 0) is 31.3 Å². The molecule has 0 saturated carbocycles. The lowest BCUT2D eigenvalue weighted by Crippen LogP contribution is -2.28. The summed E-state index contributed by atoms with van der Waals surface area (Å²) in [7, 11) is 2.16. The van der Waals surface area contributed by atoms with Crippen molar-refractivity contribution in [3.8, 4) is 0 Å². The van der Waals surface area contributed by atoms with Crippen molar-refractivity contribution in [2.45, 2.75) is 33.1 Å². The lowest BCUT2D eigenvalue weighted by atomic mass is 10.1. The maximum atomic E-state index is 3.99. The van der Waals surface area contributed by atoms with Crippen molar-refractivity contribution in [1.29, 1.82) is 0 Å². The first kappa shape index (κ1) is 12.9. The third kappa shape index (κ3) is 2.22. The highest BCUT2D eigenvalue weighted by Gasteiger charge is 2.10. The van der Waals surface area contributed by atoms with Gasteiger partial charge in [-0.3, -0.25) is 0 Å². The average molecular weight is 241 g/mol. The molecular formula is C17H23N. The highest BCUT2D eigenvalue weighted by Crippen LogP contribution is 2.13. The lowest BCUT2D eigenvalue weighted by Gasteiger charge is -2.03. The standard InChI is InChI=1S/C17H23N/c1-5-7-11-16-14(6-2)15-10-8-9-13(3)12-17(15)18(16)4/h6-7,10-13H,2,5,8-9H2,1,3-4H3/b11-7-.